The van der Waals surface area contributed by atoms with Crippen molar-refractivity contribution in [1.82, 2.24) is 9.88 Å². The van der Waals surface area contributed by atoms with Crippen LogP contribution in [-0.4, -0.2) is 85.8 Å². The predicted molar refractivity (Wildman–Crippen MR) is 173 cm³/mol. The Kier molecular flexibility index (Phi) is 9.72. The SMILES string of the molecule is COc1cccc([C@H](c2cc3cc(N4CCS(=O)CC4)ccc3nc2OC)[C@@](O)(CCN(C)C)c2cccc(F)c2)c1OC. The highest BCUT2D eigenvalue weighted by Gasteiger charge is 2.44. The fourth-order valence-electron chi connectivity index (χ4n) is 6.05. The third kappa shape index (κ3) is 6.38. The highest BCUT2D eigenvalue weighted by molar-refractivity contribution is 7.85. The number of halogens is 1. The van der Waals surface area contributed by atoms with Gasteiger partial charge in [0.2, 0.25) is 5.88 Å². The van der Waals surface area contributed by atoms with E-state index < -0.39 is 28.1 Å². The number of para-hydroxylation sites is 1. The first-order chi connectivity index (χ1) is 21.2. The maximum atomic E-state index is 14.8. The average Bonchev–Trinajstić information content (AvgIpc) is 3.03. The number of anilines is 1. The molecule has 0 radical (unpaired) electrons. The zero-order valence-electron chi connectivity index (χ0n) is 25.9. The van der Waals surface area contributed by atoms with Crippen LogP contribution < -0.4 is 19.1 Å². The summed E-state index contributed by atoms with van der Waals surface area (Å²) in [5.74, 6) is 1.31. The summed E-state index contributed by atoms with van der Waals surface area (Å²) >= 11 is 0. The van der Waals surface area contributed by atoms with Crippen LogP contribution in [0.5, 0.6) is 17.4 Å². The molecule has 2 heterocycles. The highest BCUT2D eigenvalue weighted by Crippen LogP contribution is 2.51. The first-order valence-corrected chi connectivity index (χ1v) is 16.1. The predicted octanol–water partition coefficient (Wildman–Crippen LogP) is 4.94. The van der Waals surface area contributed by atoms with Gasteiger partial charge < -0.3 is 29.1 Å². The Balaban J connectivity index is 1.79. The Morgan fingerprint density at radius 3 is 2.39 bits per heavy atom. The van der Waals surface area contributed by atoms with E-state index in [-0.39, 0.29) is 6.42 Å². The molecule has 0 saturated carbocycles. The molecule has 4 aromatic rings. The average molecular weight is 622 g/mol. The van der Waals surface area contributed by atoms with Gasteiger partial charge in [-0.15, -0.1) is 0 Å². The number of fused-ring (bicyclic) bond motifs is 1. The van der Waals surface area contributed by atoms with Crippen LogP contribution in [0.2, 0.25) is 0 Å². The summed E-state index contributed by atoms with van der Waals surface area (Å²) in [6.45, 7) is 1.93. The number of aromatic nitrogens is 1. The van der Waals surface area contributed by atoms with E-state index in [1.54, 1.807) is 39.5 Å². The summed E-state index contributed by atoms with van der Waals surface area (Å²) in [4.78, 5) is 9.11. The van der Waals surface area contributed by atoms with E-state index in [1.807, 2.05) is 49.3 Å². The first kappa shape index (κ1) is 31.7. The molecular weight excluding hydrogens is 581 g/mol. The molecule has 44 heavy (non-hydrogen) atoms. The Morgan fingerprint density at radius 2 is 1.73 bits per heavy atom. The molecule has 2 atom stereocenters. The lowest BCUT2D eigenvalue weighted by molar-refractivity contribution is 0.00290. The van der Waals surface area contributed by atoms with Gasteiger partial charge in [-0.25, -0.2) is 9.37 Å². The number of hydrogen-bond donors (Lipinski definition) is 1. The van der Waals surface area contributed by atoms with Gasteiger partial charge in [0.05, 0.1) is 32.8 Å². The van der Waals surface area contributed by atoms with Crippen LogP contribution in [0.15, 0.2) is 66.7 Å². The lowest BCUT2D eigenvalue weighted by Crippen LogP contribution is -2.38. The highest BCUT2D eigenvalue weighted by atomic mass is 32.2. The maximum absolute atomic E-state index is 14.8. The Hall–Kier alpha value is -3.73. The van der Waals surface area contributed by atoms with Crippen molar-refractivity contribution in [3.05, 3.63) is 89.2 Å². The lowest BCUT2D eigenvalue weighted by Gasteiger charge is -2.39. The zero-order chi connectivity index (χ0) is 31.4. The molecule has 1 aromatic heterocycles. The van der Waals surface area contributed by atoms with Crippen LogP contribution in [0.1, 0.15) is 29.0 Å². The quantitative estimate of drug-likeness (QED) is 0.252. The standard InChI is InChI=1S/C34H40FN3O5S/c1-37(2)15-14-34(39,24-8-6-9-25(35)22-24)31(27-10-7-11-30(41-3)32(27)42-4)28-21-23-20-26(38-16-18-44(40)19-17-38)12-13-29(23)36-33(28)43-5/h6-13,20-22,31,39H,14-19H2,1-5H3/t31-,34-/m1/s1. The van der Waals surface area contributed by atoms with Crippen LogP contribution in [0.3, 0.4) is 0 Å². The smallest absolute Gasteiger partial charge is 0.217 e. The fourth-order valence-corrected chi connectivity index (χ4v) is 7.11. The molecule has 1 aliphatic heterocycles. The van der Waals surface area contributed by atoms with Crippen LogP contribution in [0, 0.1) is 5.82 Å². The van der Waals surface area contributed by atoms with E-state index in [0.717, 1.165) is 16.6 Å². The molecule has 0 spiro atoms. The minimum atomic E-state index is -1.62. The molecule has 1 saturated heterocycles. The van der Waals surface area contributed by atoms with Crippen molar-refractivity contribution in [2.24, 2.45) is 0 Å². The topological polar surface area (TPSA) is 84.4 Å². The van der Waals surface area contributed by atoms with Crippen molar-refractivity contribution in [1.29, 1.82) is 0 Å². The van der Waals surface area contributed by atoms with Gasteiger partial charge in [-0.3, -0.25) is 4.21 Å². The van der Waals surface area contributed by atoms with Crippen LogP contribution in [0.4, 0.5) is 10.1 Å². The van der Waals surface area contributed by atoms with Crippen molar-refractivity contribution >= 4 is 27.4 Å². The Morgan fingerprint density at radius 1 is 0.977 bits per heavy atom. The van der Waals surface area contributed by atoms with E-state index in [9.17, 15) is 13.7 Å². The van der Waals surface area contributed by atoms with E-state index in [4.69, 9.17) is 19.2 Å². The molecule has 0 amide bonds. The van der Waals surface area contributed by atoms with E-state index in [1.165, 1.54) is 12.1 Å². The number of nitrogens with zero attached hydrogens (tertiary/aromatic N) is 3. The number of benzene rings is 3. The third-order valence-corrected chi connectivity index (χ3v) is 9.60. The molecule has 10 heteroatoms. The lowest BCUT2D eigenvalue weighted by atomic mass is 9.71. The van der Waals surface area contributed by atoms with Crippen molar-refractivity contribution in [2.45, 2.75) is 17.9 Å². The van der Waals surface area contributed by atoms with E-state index in [0.29, 0.717) is 65.2 Å². The maximum Gasteiger partial charge on any atom is 0.217 e. The zero-order valence-corrected chi connectivity index (χ0v) is 26.7. The second kappa shape index (κ2) is 13.5. The van der Waals surface area contributed by atoms with Gasteiger partial charge in [0.15, 0.2) is 11.5 Å². The molecule has 0 aliphatic carbocycles. The van der Waals surface area contributed by atoms with Crippen molar-refractivity contribution in [3.63, 3.8) is 0 Å². The van der Waals surface area contributed by atoms with Crippen molar-refractivity contribution in [2.75, 3.05) is 71.5 Å². The summed E-state index contributed by atoms with van der Waals surface area (Å²) in [5.41, 5.74) is 1.81. The molecule has 1 fully saturated rings. The minimum absolute atomic E-state index is 0.265. The second-order valence-corrected chi connectivity index (χ2v) is 13.0. The normalized spacial score (nSPS) is 16.1. The van der Waals surface area contributed by atoms with Gasteiger partial charge in [-0.05, 0) is 68.5 Å². The van der Waals surface area contributed by atoms with E-state index >= 15 is 0 Å². The summed E-state index contributed by atoms with van der Waals surface area (Å²) < 4.78 is 44.3. The van der Waals surface area contributed by atoms with Crippen LogP contribution >= 0.6 is 0 Å². The second-order valence-electron chi connectivity index (χ2n) is 11.3. The summed E-state index contributed by atoms with van der Waals surface area (Å²) in [5, 5.41) is 13.8. The summed E-state index contributed by atoms with van der Waals surface area (Å²) in [6.07, 6.45) is 0.265. The monoisotopic (exact) mass is 621 g/mol. The summed E-state index contributed by atoms with van der Waals surface area (Å²) in [6, 6.07) is 19.7. The molecule has 1 aliphatic rings. The van der Waals surface area contributed by atoms with Crippen LogP contribution in [-0.2, 0) is 16.4 Å². The number of hydrogen-bond acceptors (Lipinski definition) is 8. The minimum Gasteiger partial charge on any atom is -0.493 e. The van der Waals surface area contributed by atoms with Gasteiger partial charge in [0, 0.05) is 64.1 Å². The van der Waals surface area contributed by atoms with Gasteiger partial charge in [0.1, 0.15) is 11.4 Å². The molecule has 5 rings (SSSR count). The molecule has 3 aromatic carbocycles. The number of aliphatic hydroxyl groups is 1. The fraction of sp³-hybridized carbons (Fsp3) is 0.382. The number of methoxy groups -OCH3 is 3. The van der Waals surface area contributed by atoms with Gasteiger partial charge in [-0.2, -0.15) is 0 Å². The van der Waals surface area contributed by atoms with Crippen molar-refractivity contribution < 1.29 is 27.9 Å². The third-order valence-electron chi connectivity index (χ3n) is 8.32. The van der Waals surface area contributed by atoms with Gasteiger partial charge >= 0.3 is 0 Å². The van der Waals surface area contributed by atoms with Crippen molar-refractivity contribution in [3.8, 4) is 17.4 Å². The number of rotatable bonds is 11. The molecule has 8 nitrogen and oxygen atoms in total. The number of pyridine rings is 1. The largest absolute Gasteiger partial charge is 0.493 e. The Labute approximate surface area is 260 Å². The molecule has 0 bridgehead atoms. The van der Waals surface area contributed by atoms with E-state index in [2.05, 4.69) is 11.0 Å². The van der Waals surface area contributed by atoms with Gasteiger partial charge in [-0.1, -0.05) is 24.3 Å². The molecule has 234 valence electrons. The molecule has 0 unspecified atom stereocenters. The molecular formula is C34H40FN3O5S. The number of ether oxygens (including phenoxy) is 3. The first-order valence-electron chi connectivity index (χ1n) is 14.6. The summed E-state index contributed by atoms with van der Waals surface area (Å²) in [7, 11) is 7.76. The Bertz CT molecular complexity index is 1640. The van der Waals surface area contributed by atoms with Gasteiger partial charge in [0.25, 0.3) is 0 Å². The van der Waals surface area contributed by atoms with Crippen LogP contribution in [0.25, 0.3) is 10.9 Å². The molecule has 1 N–H and O–H groups in total.